The topological polar surface area (TPSA) is 121 Å². The summed E-state index contributed by atoms with van der Waals surface area (Å²) in [7, 11) is 3.31. The zero-order valence-electron chi connectivity index (χ0n) is 24.0. The van der Waals surface area contributed by atoms with Gasteiger partial charge in [0.2, 0.25) is 12.5 Å². The van der Waals surface area contributed by atoms with Crippen molar-refractivity contribution < 1.29 is 38.5 Å². The summed E-state index contributed by atoms with van der Waals surface area (Å²) in [5, 5.41) is 11.9. The maximum atomic E-state index is 13.4. The van der Waals surface area contributed by atoms with Gasteiger partial charge in [0.15, 0.2) is 11.5 Å². The standard InChI is InChI=1S/C28H42N4O8/c1-5-9-32(40-13-6-2)24(33)17-31-16-20(19-14-22(37-4)26-23(15-19)38-18-39-26)25(27(34)35)21(31)8-12-30-11-7-10-29(3)28(30)36/h14-15,20-21,25H,5-13,16-18H2,1-4H3,(H,34,35)/t20-,21+,25?/m1/s1. The number of hydroxylamine groups is 2. The molecule has 0 bridgehead atoms. The van der Waals surface area contributed by atoms with E-state index in [2.05, 4.69) is 0 Å². The molecule has 3 atom stereocenters. The van der Waals surface area contributed by atoms with Crippen molar-refractivity contribution in [2.75, 3.05) is 66.8 Å². The second-order valence-corrected chi connectivity index (χ2v) is 10.6. The summed E-state index contributed by atoms with van der Waals surface area (Å²) in [6.45, 7) is 7.01. The molecule has 1 unspecified atom stereocenters. The number of hydrogen-bond acceptors (Lipinski definition) is 8. The monoisotopic (exact) mass is 562 g/mol. The zero-order valence-corrected chi connectivity index (χ0v) is 24.0. The molecule has 0 spiro atoms. The largest absolute Gasteiger partial charge is 0.493 e. The third-order valence-electron chi connectivity index (χ3n) is 7.85. The fourth-order valence-electron chi connectivity index (χ4n) is 5.90. The highest BCUT2D eigenvalue weighted by Crippen LogP contribution is 2.47. The molecule has 2 fully saturated rings. The quantitative estimate of drug-likeness (QED) is 0.362. The van der Waals surface area contributed by atoms with Crippen molar-refractivity contribution in [3.05, 3.63) is 17.7 Å². The number of carbonyl (C=O) groups excluding carboxylic acids is 2. The fourth-order valence-corrected chi connectivity index (χ4v) is 5.90. The van der Waals surface area contributed by atoms with E-state index in [9.17, 15) is 19.5 Å². The van der Waals surface area contributed by atoms with E-state index >= 15 is 0 Å². The van der Waals surface area contributed by atoms with Crippen molar-refractivity contribution in [1.29, 1.82) is 0 Å². The number of carboxylic acid groups (broad SMARTS) is 1. The molecule has 1 aromatic carbocycles. The minimum absolute atomic E-state index is 0.0181. The number of amides is 3. The number of likely N-dealkylation sites (tertiary alicyclic amines) is 1. The van der Waals surface area contributed by atoms with Crippen LogP contribution in [0, 0.1) is 5.92 Å². The van der Waals surface area contributed by atoms with E-state index in [1.807, 2.05) is 24.8 Å². The second kappa shape index (κ2) is 13.4. The van der Waals surface area contributed by atoms with Gasteiger partial charge in [0.1, 0.15) is 0 Å². The summed E-state index contributed by atoms with van der Waals surface area (Å²) in [6, 6.07) is 3.08. The van der Waals surface area contributed by atoms with Crippen molar-refractivity contribution in [3.8, 4) is 17.2 Å². The predicted octanol–water partition coefficient (Wildman–Crippen LogP) is 2.62. The number of benzene rings is 1. The second-order valence-electron chi connectivity index (χ2n) is 10.6. The van der Waals surface area contributed by atoms with Gasteiger partial charge in [-0.25, -0.2) is 9.86 Å². The molecule has 0 aromatic heterocycles. The molecule has 1 N–H and O–H groups in total. The van der Waals surface area contributed by atoms with Gasteiger partial charge in [-0.05, 0) is 43.4 Å². The molecule has 0 aliphatic carbocycles. The van der Waals surface area contributed by atoms with E-state index in [0.717, 1.165) is 24.8 Å². The van der Waals surface area contributed by atoms with Gasteiger partial charge in [0.25, 0.3) is 5.91 Å². The lowest BCUT2D eigenvalue weighted by atomic mass is 9.84. The summed E-state index contributed by atoms with van der Waals surface area (Å²) in [6.07, 6.45) is 2.79. The Hall–Kier alpha value is -3.25. The number of methoxy groups -OCH3 is 1. The molecule has 3 amide bonds. The van der Waals surface area contributed by atoms with Crippen LogP contribution in [0.15, 0.2) is 12.1 Å². The number of carbonyl (C=O) groups is 3. The van der Waals surface area contributed by atoms with Gasteiger partial charge < -0.3 is 29.1 Å². The molecule has 12 heteroatoms. The molecule has 0 saturated carbocycles. The number of nitrogens with zero attached hydrogens (tertiary/aromatic N) is 4. The molecular weight excluding hydrogens is 520 g/mol. The smallest absolute Gasteiger partial charge is 0.319 e. The number of urea groups is 1. The van der Waals surface area contributed by atoms with Crippen LogP contribution in [0.5, 0.6) is 17.2 Å². The summed E-state index contributed by atoms with van der Waals surface area (Å²) in [5.41, 5.74) is 0.745. The van der Waals surface area contributed by atoms with Crippen LogP contribution in [0.1, 0.15) is 51.0 Å². The number of aliphatic carboxylic acids is 1. The van der Waals surface area contributed by atoms with Gasteiger partial charge in [-0.2, -0.15) is 0 Å². The fraction of sp³-hybridized carbons (Fsp3) is 0.679. The van der Waals surface area contributed by atoms with Gasteiger partial charge in [-0.15, -0.1) is 0 Å². The van der Waals surface area contributed by atoms with E-state index < -0.39 is 23.8 Å². The highest BCUT2D eigenvalue weighted by molar-refractivity contribution is 5.78. The van der Waals surface area contributed by atoms with Crippen molar-refractivity contribution in [2.24, 2.45) is 5.92 Å². The lowest BCUT2D eigenvalue weighted by molar-refractivity contribution is -0.188. The lowest BCUT2D eigenvalue weighted by Crippen LogP contribution is -2.50. The number of carboxylic acids is 1. The predicted molar refractivity (Wildman–Crippen MR) is 145 cm³/mol. The van der Waals surface area contributed by atoms with Crippen molar-refractivity contribution in [2.45, 2.75) is 51.5 Å². The Morgan fingerprint density at radius 1 is 1.18 bits per heavy atom. The zero-order chi connectivity index (χ0) is 28.8. The normalized spacial score (nSPS) is 22.6. The summed E-state index contributed by atoms with van der Waals surface area (Å²) in [4.78, 5) is 50.1. The molecule has 0 radical (unpaired) electrons. The molecule has 3 aliphatic rings. The van der Waals surface area contributed by atoms with Gasteiger partial charge in [0, 0.05) is 51.7 Å². The molecule has 222 valence electrons. The van der Waals surface area contributed by atoms with Crippen LogP contribution in [0.3, 0.4) is 0 Å². The molecule has 12 nitrogen and oxygen atoms in total. The van der Waals surface area contributed by atoms with Gasteiger partial charge >= 0.3 is 12.0 Å². The Labute approximate surface area is 235 Å². The van der Waals surface area contributed by atoms with Gasteiger partial charge in [0.05, 0.1) is 26.2 Å². The van der Waals surface area contributed by atoms with E-state index in [1.165, 1.54) is 12.2 Å². The number of rotatable bonds is 13. The minimum atomic E-state index is -0.948. The maximum Gasteiger partial charge on any atom is 0.319 e. The maximum absolute atomic E-state index is 13.4. The third kappa shape index (κ3) is 6.38. The third-order valence-corrected chi connectivity index (χ3v) is 7.85. The summed E-state index contributed by atoms with van der Waals surface area (Å²) in [5.74, 6) is -0.923. The molecule has 4 rings (SSSR count). The first kappa shape index (κ1) is 29.7. The Balaban J connectivity index is 1.63. The van der Waals surface area contributed by atoms with E-state index in [0.29, 0.717) is 63.0 Å². The van der Waals surface area contributed by atoms with Crippen LogP contribution in [0.2, 0.25) is 0 Å². The Morgan fingerprint density at radius 2 is 1.98 bits per heavy atom. The lowest BCUT2D eigenvalue weighted by Gasteiger charge is -2.35. The Kier molecular flexibility index (Phi) is 9.96. The van der Waals surface area contributed by atoms with Crippen LogP contribution in [0.4, 0.5) is 4.79 Å². The van der Waals surface area contributed by atoms with Crippen LogP contribution in [-0.4, -0.2) is 116 Å². The molecule has 3 heterocycles. The average molecular weight is 563 g/mol. The molecule has 40 heavy (non-hydrogen) atoms. The molecule has 3 aliphatic heterocycles. The van der Waals surface area contributed by atoms with Gasteiger partial charge in [-0.1, -0.05) is 13.8 Å². The van der Waals surface area contributed by atoms with Gasteiger partial charge in [-0.3, -0.25) is 19.3 Å². The first-order valence-corrected chi connectivity index (χ1v) is 14.2. The van der Waals surface area contributed by atoms with E-state index in [-0.39, 0.29) is 25.3 Å². The molecule has 2 saturated heterocycles. The van der Waals surface area contributed by atoms with Crippen molar-refractivity contribution >= 4 is 17.9 Å². The summed E-state index contributed by atoms with van der Waals surface area (Å²) < 4.78 is 16.7. The van der Waals surface area contributed by atoms with Crippen molar-refractivity contribution in [3.63, 3.8) is 0 Å². The number of fused-ring (bicyclic) bond motifs is 1. The van der Waals surface area contributed by atoms with Crippen LogP contribution < -0.4 is 14.2 Å². The molecule has 1 aromatic rings. The van der Waals surface area contributed by atoms with E-state index in [4.69, 9.17) is 19.0 Å². The SMILES string of the molecule is CCCON(CCC)C(=O)CN1C[C@H](c2cc(OC)c3c(c2)OCO3)C(C(=O)O)[C@@H]1CCN1CCCN(C)C1=O. The Morgan fingerprint density at radius 3 is 2.67 bits per heavy atom. The van der Waals surface area contributed by atoms with Crippen molar-refractivity contribution in [1.82, 2.24) is 19.8 Å². The van der Waals surface area contributed by atoms with E-state index in [1.54, 1.807) is 22.9 Å². The van der Waals surface area contributed by atoms with Crippen LogP contribution in [0.25, 0.3) is 0 Å². The first-order chi connectivity index (χ1) is 19.3. The molecular formula is C28H42N4O8. The average Bonchev–Trinajstić information content (AvgIpc) is 3.56. The van der Waals surface area contributed by atoms with Crippen LogP contribution in [-0.2, 0) is 14.4 Å². The highest BCUT2D eigenvalue weighted by Gasteiger charge is 2.48. The highest BCUT2D eigenvalue weighted by atomic mass is 16.7. The summed E-state index contributed by atoms with van der Waals surface area (Å²) >= 11 is 0. The number of ether oxygens (including phenoxy) is 3. The Bertz CT molecular complexity index is 1070. The first-order valence-electron chi connectivity index (χ1n) is 14.2. The minimum Gasteiger partial charge on any atom is -0.493 e. The van der Waals surface area contributed by atoms with Crippen LogP contribution >= 0.6 is 0 Å². The number of hydrogen-bond donors (Lipinski definition) is 1.